The van der Waals surface area contributed by atoms with Crippen LogP contribution in [-0.4, -0.2) is 43.1 Å². The Balaban J connectivity index is 1.51. The molecule has 3 aromatic rings. The molecule has 0 bridgehead atoms. The first-order valence-electron chi connectivity index (χ1n) is 8.26. The Hall–Kier alpha value is -3.78. The van der Waals surface area contributed by atoms with Gasteiger partial charge in [-0.1, -0.05) is 8.98 Å². The van der Waals surface area contributed by atoms with Gasteiger partial charge in [-0.05, 0) is 61.2 Å². The summed E-state index contributed by atoms with van der Waals surface area (Å²) in [6.45, 7) is 3.22. The van der Waals surface area contributed by atoms with Crippen molar-refractivity contribution in [3.8, 4) is 0 Å². The van der Waals surface area contributed by atoms with Crippen molar-refractivity contribution < 1.29 is 19.2 Å². The van der Waals surface area contributed by atoms with E-state index in [0.29, 0.717) is 22.8 Å². The number of hydrogen-bond donors (Lipinski definition) is 4. The highest BCUT2D eigenvalue weighted by molar-refractivity contribution is 7.08. The van der Waals surface area contributed by atoms with Gasteiger partial charge in [0.25, 0.3) is 11.8 Å². The van der Waals surface area contributed by atoms with E-state index in [1.54, 1.807) is 13.8 Å². The monoisotopic (exact) mass is 446 g/mol. The van der Waals surface area contributed by atoms with E-state index in [4.69, 9.17) is 0 Å². The lowest BCUT2D eigenvalue weighted by Crippen LogP contribution is -2.34. The summed E-state index contributed by atoms with van der Waals surface area (Å²) in [7, 11) is 0. The third-order valence-corrected chi connectivity index (χ3v) is 5.22. The summed E-state index contributed by atoms with van der Waals surface area (Å²) in [6.07, 6.45) is 0. The fourth-order valence-corrected chi connectivity index (χ4v) is 3.26. The Morgan fingerprint density at radius 1 is 0.700 bits per heavy atom. The SMILES string of the molecule is Cc1nnsc1C(=O)NC(=O)Nc1ccc(NC(=O)NC(=O)c2snnc2C)cc1. The first-order valence-corrected chi connectivity index (χ1v) is 9.81. The highest BCUT2D eigenvalue weighted by Gasteiger charge is 2.17. The predicted molar refractivity (Wildman–Crippen MR) is 109 cm³/mol. The maximum absolute atomic E-state index is 12.0. The molecule has 0 fully saturated rings. The highest BCUT2D eigenvalue weighted by Crippen LogP contribution is 2.14. The summed E-state index contributed by atoms with van der Waals surface area (Å²) in [4.78, 5) is 48.3. The Kier molecular flexibility index (Phi) is 6.38. The zero-order chi connectivity index (χ0) is 21.7. The number of carbonyl (C=O) groups is 4. The molecule has 12 nitrogen and oxygen atoms in total. The molecule has 1 aromatic carbocycles. The van der Waals surface area contributed by atoms with Gasteiger partial charge in [-0.25, -0.2) is 9.59 Å². The van der Waals surface area contributed by atoms with Crippen LogP contribution < -0.4 is 21.3 Å². The highest BCUT2D eigenvalue weighted by atomic mass is 32.1. The van der Waals surface area contributed by atoms with Gasteiger partial charge < -0.3 is 10.6 Å². The summed E-state index contributed by atoms with van der Waals surface area (Å²) >= 11 is 1.78. The van der Waals surface area contributed by atoms with Gasteiger partial charge in [0.15, 0.2) is 0 Å². The number of amides is 6. The summed E-state index contributed by atoms with van der Waals surface area (Å²) in [5, 5.41) is 16.7. The second-order valence-corrected chi connectivity index (χ2v) is 7.28. The van der Waals surface area contributed by atoms with Crippen LogP contribution in [0.15, 0.2) is 24.3 Å². The van der Waals surface area contributed by atoms with Crippen molar-refractivity contribution in [2.24, 2.45) is 0 Å². The number of aromatic nitrogens is 4. The molecule has 0 saturated carbocycles. The standard InChI is InChI=1S/C16H14N8O4S2/c1-7-11(29-23-21-7)13(25)19-15(27)17-9-3-5-10(6-4-9)18-16(28)20-14(26)12-8(2)22-24-30-12/h3-6H,1-2H3,(H2,17,19,25,27)(H2,18,20,26,28). The molecule has 0 atom stereocenters. The zero-order valence-electron chi connectivity index (χ0n) is 15.5. The number of nitrogens with one attached hydrogen (secondary N) is 4. The van der Waals surface area contributed by atoms with Crippen molar-refractivity contribution >= 4 is 58.3 Å². The van der Waals surface area contributed by atoms with Crippen LogP contribution >= 0.6 is 23.1 Å². The summed E-state index contributed by atoms with van der Waals surface area (Å²) < 4.78 is 7.27. The number of urea groups is 2. The Morgan fingerprint density at radius 2 is 1.07 bits per heavy atom. The summed E-state index contributed by atoms with van der Waals surface area (Å²) in [6, 6.07) is 4.59. The largest absolute Gasteiger partial charge is 0.326 e. The molecule has 154 valence electrons. The predicted octanol–water partition coefficient (Wildman–Crippen LogP) is 1.93. The molecule has 0 spiro atoms. The van der Waals surface area contributed by atoms with Gasteiger partial charge in [-0.15, -0.1) is 10.2 Å². The molecule has 0 aliphatic heterocycles. The Labute approximate surface area is 177 Å². The molecule has 0 radical (unpaired) electrons. The first-order chi connectivity index (χ1) is 14.3. The fraction of sp³-hybridized carbons (Fsp3) is 0.125. The van der Waals surface area contributed by atoms with Crippen LogP contribution in [0.2, 0.25) is 0 Å². The van der Waals surface area contributed by atoms with Crippen LogP contribution in [0.5, 0.6) is 0 Å². The van der Waals surface area contributed by atoms with Gasteiger partial charge in [0.2, 0.25) is 0 Å². The fourth-order valence-electron chi connectivity index (χ4n) is 2.16. The molecule has 2 aromatic heterocycles. The van der Waals surface area contributed by atoms with Crippen molar-refractivity contribution in [1.82, 2.24) is 29.8 Å². The van der Waals surface area contributed by atoms with Gasteiger partial charge >= 0.3 is 12.1 Å². The van der Waals surface area contributed by atoms with Crippen LogP contribution in [0.3, 0.4) is 0 Å². The van der Waals surface area contributed by atoms with Crippen LogP contribution in [0.4, 0.5) is 21.0 Å². The van der Waals surface area contributed by atoms with E-state index in [0.717, 1.165) is 23.1 Å². The third kappa shape index (κ3) is 5.18. The lowest BCUT2D eigenvalue weighted by Gasteiger charge is -2.08. The quantitative estimate of drug-likeness (QED) is 0.471. The molecule has 30 heavy (non-hydrogen) atoms. The van der Waals surface area contributed by atoms with Crippen molar-refractivity contribution in [2.75, 3.05) is 10.6 Å². The average Bonchev–Trinajstić information content (AvgIpc) is 3.31. The molecule has 2 heterocycles. The zero-order valence-corrected chi connectivity index (χ0v) is 17.2. The van der Waals surface area contributed by atoms with Crippen LogP contribution in [0, 0.1) is 13.8 Å². The Morgan fingerprint density at radius 3 is 1.37 bits per heavy atom. The molecule has 0 aliphatic rings. The molecule has 14 heteroatoms. The normalized spacial score (nSPS) is 10.2. The van der Waals surface area contributed by atoms with E-state index in [2.05, 4.69) is 40.4 Å². The van der Waals surface area contributed by atoms with E-state index in [-0.39, 0.29) is 9.75 Å². The van der Waals surface area contributed by atoms with Gasteiger partial charge in [-0.2, -0.15) is 0 Å². The second kappa shape index (κ2) is 9.15. The number of hydrogen-bond acceptors (Lipinski definition) is 10. The lowest BCUT2D eigenvalue weighted by molar-refractivity contribution is 0.0960. The van der Waals surface area contributed by atoms with E-state index < -0.39 is 23.9 Å². The minimum atomic E-state index is -0.731. The number of anilines is 2. The van der Waals surface area contributed by atoms with E-state index >= 15 is 0 Å². The van der Waals surface area contributed by atoms with Crippen LogP contribution in [0.1, 0.15) is 30.7 Å². The number of carbonyl (C=O) groups excluding carboxylic acids is 4. The second-order valence-electron chi connectivity index (χ2n) is 5.77. The Bertz CT molecular complexity index is 1020. The molecule has 0 unspecified atom stereocenters. The lowest BCUT2D eigenvalue weighted by atomic mass is 10.3. The first kappa shape index (κ1) is 20.9. The number of nitrogens with zero attached hydrogens (tertiary/aromatic N) is 4. The van der Waals surface area contributed by atoms with Gasteiger partial charge in [0.1, 0.15) is 9.75 Å². The minimum absolute atomic E-state index is 0.245. The molecular formula is C16H14N8O4S2. The van der Waals surface area contributed by atoms with Crippen molar-refractivity contribution in [1.29, 1.82) is 0 Å². The molecule has 3 rings (SSSR count). The summed E-state index contributed by atoms with van der Waals surface area (Å²) in [5.41, 5.74) is 1.62. The van der Waals surface area contributed by atoms with E-state index in [9.17, 15) is 19.2 Å². The molecular weight excluding hydrogens is 432 g/mol. The van der Waals surface area contributed by atoms with Crippen molar-refractivity contribution in [2.45, 2.75) is 13.8 Å². The third-order valence-electron chi connectivity index (χ3n) is 3.57. The average molecular weight is 446 g/mol. The van der Waals surface area contributed by atoms with E-state index in [1.807, 2.05) is 0 Å². The van der Waals surface area contributed by atoms with Crippen LogP contribution in [0.25, 0.3) is 0 Å². The maximum Gasteiger partial charge on any atom is 0.326 e. The van der Waals surface area contributed by atoms with E-state index in [1.165, 1.54) is 24.3 Å². The molecule has 4 N–H and O–H groups in total. The summed E-state index contributed by atoms with van der Waals surface area (Å²) in [5.74, 6) is -1.21. The van der Waals surface area contributed by atoms with Gasteiger partial charge in [0.05, 0.1) is 11.4 Å². The molecule has 6 amide bonds. The minimum Gasteiger partial charge on any atom is -0.308 e. The van der Waals surface area contributed by atoms with Gasteiger partial charge in [-0.3, -0.25) is 20.2 Å². The van der Waals surface area contributed by atoms with Crippen molar-refractivity contribution in [3.05, 3.63) is 45.4 Å². The number of aryl methyl sites for hydroxylation is 2. The smallest absolute Gasteiger partial charge is 0.308 e. The van der Waals surface area contributed by atoms with Gasteiger partial charge in [0, 0.05) is 11.4 Å². The molecule has 0 saturated heterocycles. The maximum atomic E-state index is 12.0. The molecule has 0 aliphatic carbocycles. The number of imide groups is 2. The van der Waals surface area contributed by atoms with Crippen LogP contribution in [-0.2, 0) is 0 Å². The topological polar surface area (TPSA) is 168 Å². The number of benzene rings is 1. The van der Waals surface area contributed by atoms with Crippen molar-refractivity contribution in [3.63, 3.8) is 0 Å². The number of rotatable bonds is 4.